The molecule has 0 spiro atoms. The third-order valence-corrected chi connectivity index (χ3v) is 4.22. The molecule has 4 rings (SSSR count). The second-order valence-corrected chi connectivity index (χ2v) is 5.18. The molecule has 3 aliphatic rings. The molecule has 3 fully saturated rings. The van der Waals surface area contributed by atoms with Crippen LogP contribution in [-0.4, -0.2) is 58.3 Å². The van der Waals surface area contributed by atoms with Crippen molar-refractivity contribution in [3.8, 4) is 0 Å². The Morgan fingerprint density at radius 1 is 1.44 bits per heavy atom. The maximum absolute atomic E-state index is 5.79. The van der Waals surface area contributed by atoms with Gasteiger partial charge in [-0.25, -0.2) is 0 Å². The second kappa shape index (κ2) is 4.97. The number of nitrogens with one attached hydrogen (secondary N) is 1. The summed E-state index contributed by atoms with van der Waals surface area (Å²) in [5, 5.41) is 4.35. The molecular formula is C12H22N6. The number of rotatable bonds is 4. The number of piperazine rings is 3. The lowest BCUT2D eigenvalue weighted by atomic mass is 9.96. The molecule has 2 atom stereocenters. The summed E-state index contributed by atoms with van der Waals surface area (Å²) in [6.45, 7) is 8.81. The van der Waals surface area contributed by atoms with Gasteiger partial charge in [0.2, 0.25) is 0 Å². The van der Waals surface area contributed by atoms with E-state index in [1.807, 2.05) is 10.9 Å². The molecule has 2 unspecified atom stereocenters. The Morgan fingerprint density at radius 3 is 2.72 bits per heavy atom. The predicted molar refractivity (Wildman–Crippen MR) is 69.8 cm³/mol. The molecule has 3 N–H and O–H groups in total. The lowest BCUT2D eigenvalue weighted by molar-refractivity contribution is -0.00370. The number of fused-ring (bicyclic) bond motifs is 3. The van der Waals surface area contributed by atoms with Gasteiger partial charge in [0.05, 0.1) is 12.2 Å². The number of hydrazine groups is 1. The summed E-state index contributed by atoms with van der Waals surface area (Å²) in [5.41, 5.74) is 4.18. The number of nitrogens with two attached hydrogens (primary N) is 1. The van der Waals surface area contributed by atoms with Crippen LogP contribution < -0.4 is 11.3 Å². The van der Waals surface area contributed by atoms with Gasteiger partial charge in [-0.05, 0) is 6.92 Å². The molecule has 3 aliphatic heterocycles. The van der Waals surface area contributed by atoms with Crippen molar-refractivity contribution in [1.82, 2.24) is 25.0 Å². The topological polar surface area (TPSA) is 62.4 Å². The van der Waals surface area contributed by atoms with E-state index in [4.69, 9.17) is 5.84 Å². The highest BCUT2D eigenvalue weighted by molar-refractivity contribution is 5.15. The summed E-state index contributed by atoms with van der Waals surface area (Å²) in [5.74, 6) is 5.79. The van der Waals surface area contributed by atoms with Gasteiger partial charge in [0, 0.05) is 57.1 Å². The molecular weight excluding hydrogens is 228 g/mol. The number of hydrogen-bond acceptors (Lipinski definition) is 5. The van der Waals surface area contributed by atoms with Gasteiger partial charge in [0.15, 0.2) is 0 Å². The van der Waals surface area contributed by atoms with Crippen molar-refractivity contribution < 1.29 is 0 Å². The highest BCUT2D eigenvalue weighted by atomic mass is 15.4. The lowest BCUT2D eigenvalue weighted by Gasteiger charge is -2.49. The summed E-state index contributed by atoms with van der Waals surface area (Å²) >= 11 is 0. The molecule has 0 amide bonds. The Labute approximate surface area is 108 Å². The molecule has 1 aromatic heterocycles. The van der Waals surface area contributed by atoms with Crippen LogP contribution in [0, 0.1) is 0 Å². The largest absolute Gasteiger partial charge is 0.299 e. The van der Waals surface area contributed by atoms with E-state index in [0.29, 0.717) is 6.04 Å². The summed E-state index contributed by atoms with van der Waals surface area (Å²) in [6, 6.07) is 0.639. The fourth-order valence-corrected chi connectivity index (χ4v) is 3.12. The minimum absolute atomic E-state index is 0.174. The van der Waals surface area contributed by atoms with Crippen LogP contribution in [-0.2, 0) is 6.54 Å². The molecule has 0 radical (unpaired) electrons. The van der Waals surface area contributed by atoms with Crippen molar-refractivity contribution in [2.75, 3.05) is 32.7 Å². The van der Waals surface area contributed by atoms with Crippen LogP contribution in [0.4, 0.5) is 0 Å². The molecule has 18 heavy (non-hydrogen) atoms. The van der Waals surface area contributed by atoms with E-state index in [1.165, 1.54) is 18.7 Å². The Kier molecular flexibility index (Phi) is 3.34. The molecule has 2 bridgehead atoms. The van der Waals surface area contributed by atoms with Gasteiger partial charge in [0.1, 0.15) is 0 Å². The maximum Gasteiger partial charge on any atom is 0.0658 e. The fraction of sp³-hybridized carbons (Fsp3) is 0.750. The zero-order valence-electron chi connectivity index (χ0n) is 10.9. The Bertz CT molecular complexity index is 395. The van der Waals surface area contributed by atoms with Gasteiger partial charge in [-0.2, -0.15) is 5.10 Å². The molecule has 0 aliphatic carbocycles. The van der Waals surface area contributed by atoms with E-state index in [9.17, 15) is 0 Å². The highest BCUT2D eigenvalue weighted by Gasteiger charge is 2.37. The average Bonchev–Trinajstić information content (AvgIpc) is 2.90. The van der Waals surface area contributed by atoms with Crippen molar-refractivity contribution in [3.05, 3.63) is 18.0 Å². The normalized spacial score (nSPS) is 32.7. The third-order valence-electron chi connectivity index (χ3n) is 4.22. The molecule has 6 heteroatoms. The van der Waals surface area contributed by atoms with Crippen molar-refractivity contribution in [2.24, 2.45) is 5.84 Å². The van der Waals surface area contributed by atoms with Crippen molar-refractivity contribution >= 4 is 0 Å². The van der Waals surface area contributed by atoms with E-state index < -0.39 is 0 Å². The van der Waals surface area contributed by atoms with E-state index in [-0.39, 0.29) is 6.04 Å². The first kappa shape index (κ1) is 12.1. The minimum Gasteiger partial charge on any atom is -0.299 e. The van der Waals surface area contributed by atoms with Gasteiger partial charge < -0.3 is 0 Å². The van der Waals surface area contributed by atoms with E-state index >= 15 is 0 Å². The fourth-order valence-electron chi connectivity index (χ4n) is 3.12. The van der Waals surface area contributed by atoms with Crippen LogP contribution in [0.1, 0.15) is 18.5 Å². The van der Waals surface area contributed by atoms with Crippen LogP contribution >= 0.6 is 0 Å². The van der Waals surface area contributed by atoms with Crippen LogP contribution in [0.5, 0.6) is 0 Å². The maximum atomic E-state index is 5.79. The number of nitrogens with zero attached hydrogens (tertiary/aromatic N) is 4. The van der Waals surface area contributed by atoms with E-state index in [2.05, 4.69) is 33.4 Å². The van der Waals surface area contributed by atoms with E-state index in [0.717, 1.165) is 26.2 Å². The lowest BCUT2D eigenvalue weighted by Crippen LogP contribution is -2.64. The third kappa shape index (κ3) is 2.05. The SMILES string of the molecule is CCn1cc(C(NN)C2CN3CCN2CC3)cn1. The Balaban J connectivity index is 1.79. The Morgan fingerprint density at radius 2 is 2.22 bits per heavy atom. The summed E-state index contributed by atoms with van der Waals surface area (Å²) in [7, 11) is 0. The standard InChI is InChI=1S/C12H22N6/c1-2-18-8-10(7-14-18)12(15-13)11-9-16-3-5-17(11)6-4-16/h7-8,11-12,15H,2-6,9,13H2,1H3. The second-order valence-electron chi connectivity index (χ2n) is 5.18. The van der Waals surface area contributed by atoms with Crippen molar-refractivity contribution in [3.63, 3.8) is 0 Å². The number of aromatic nitrogens is 2. The van der Waals surface area contributed by atoms with Crippen LogP contribution in [0.3, 0.4) is 0 Å². The highest BCUT2D eigenvalue weighted by Crippen LogP contribution is 2.26. The molecule has 3 saturated heterocycles. The monoisotopic (exact) mass is 250 g/mol. The van der Waals surface area contributed by atoms with Gasteiger partial charge in [0.25, 0.3) is 0 Å². The van der Waals surface area contributed by atoms with Crippen LogP contribution in [0.2, 0.25) is 0 Å². The number of aryl methyl sites for hydroxylation is 1. The molecule has 4 heterocycles. The number of hydrogen-bond donors (Lipinski definition) is 2. The first-order valence-corrected chi connectivity index (χ1v) is 6.76. The zero-order valence-corrected chi connectivity index (χ0v) is 10.9. The minimum atomic E-state index is 0.174. The zero-order chi connectivity index (χ0) is 12.5. The van der Waals surface area contributed by atoms with Crippen LogP contribution in [0.15, 0.2) is 12.4 Å². The Hall–Kier alpha value is -0.950. The molecule has 100 valence electrons. The van der Waals surface area contributed by atoms with Gasteiger partial charge >= 0.3 is 0 Å². The summed E-state index contributed by atoms with van der Waals surface area (Å²) in [6.07, 6.45) is 4.04. The predicted octanol–water partition coefficient (Wildman–Crippen LogP) is -0.593. The average molecular weight is 250 g/mol. The summed E-state index contributed by atoms with van der Waals surface area (Å²) in [4.78, 5) is 5.08. The van der Waals surface area contributed by atoms with Crippen molar-refractivity contribution in [2.45, 2.75) is 25.6 Å². The summed E-state index contributed by atoms with van der Waals surface area (Å²) < 4.78 is 1.95. The molecule has 0 saturated carbocycles. The van der Waals surface area contributed by atoms with Gasteiger partial charge in [-0.15, -0.1) is 0 Å². The molecule has 6 nitrogen and oxygen atoms in total. The smallest absolute Gasteiger partial charge is 0.0658 e. The van der Waals surface area contributed by atoms with Crippen LogP contribution in [0.25, 0.3) is 0 Å². The first-order valence-electron chi connectivity index (χ1n) is 6.76. The van der Waals surface area contributed by atoms with Gasteiger partial charge in [-0.1, -0.05) is 0 Å². The first-order chi connectivity index (χ1) is 8.81. The molecule has 1 aromatic rings. The van der Waals surface area contributed by atoms with E-state index in [1.54, 1.807) is 0 Å². The van der Waals surface area contributed by atoms with Crippen molar-refractivity contribution in [1.29, 1.82) is 0 Å². The molecule has 0 aromatic carbocycles. The quantitative estimate of drug-likeness (QED) is 0.552. The van der Waals surface area contributed by atoms with Gasteiger partial charge in [-0.3, -0.25) is 25.8 Å².